The van der Waals surface area contributed by atoms with Crippen LogP contribution in [0, 0.1) is 0 Å². The molecule has 0 unspecified atom stereocenters. The third-order valence-electron chi connectivity index (χ3n) is 3.70. The van der Waals surface area contributed by atoms with Gasteiger partial charge in [-0.05, 0) is 29.3 Å². The maximum Gasteiger partial charge on any atom is 0.254 e. The Labute approximate surface area is 145 Å². The molecule has 0 spiro atoms. The molecule has 3 rings (SSSR count). The first-order valence-electron chi connectivity index (χ1n) is 7.98. The summed E-state index contributed by atoms with van der Waals surface area (Å²) in [5, 5.41) is 5.49. The SMILES string of the molecule is O=C(CCNC(=O)c1ccoc1)Nc1ccc(-c2ccccc2)cc1. The fraction of sp³-hybridized carbons (Fsp3) is 0.100. The van der Waals surface area contributed by atoms with Crippen molar-refractivity contribution >= 4 is 17.5 Å². The van der Waals surface area contributed by atoms with Crippen LogP contribution in [0.1, 0.15) is 16.8 Å². The largest absolute Gasteiger partial charge is 0.472 e. The topological polar surface area (TPSA) is 71.3 Å². The van der Waals surface area contributed by atoms with E-state index in [1.165, 1.54) is 12.5 Å². The molecule has 1 heterocycles. The van der Waals surface area contributed by atoms with Gasteiger partial charge < -0.3 is 15.1 Å². The van der Waals surface area contributed by atoms with Crippen LogP contribution in [0.15, 0.2) is 77.6 Å². The van der Waals surface area contributed by atoms with E-state index in [2.05, 4.69) is 10.6 Å². The Kier molecular flexibility index (Phi) is 5.26. The lowest BCUT2D eigenvalue weighted by atomic mass is 10.1. The number of nitrogens with one attached hydrogen (secondary N) is 2. The molecule has 0 radical (unpaired) electrons. The average Bonchev–Trinajstić information content (AvgIpc) is 3.18. The van der Waals surface area contributed by atoms with Crippen LogP contribution in [0.3, 0.4) is 0 Å². The van der Waals surface area contributed by atoms with Gasteiger partial charge in [0.2, 0.25) is 5.91 Å². The minimum absolute atomic E-state index is 0.153. The van der Waals surface area contributed by atoms with Crippen LogP contribution in [0.5, 0.6) is 0 Å². The zero-order valence-corrected chi connectivity index (χ0v) is 13.6. The average molecular weight is 334 g/mol. The molecular formula is C20H18N2O3. The first-order valence-corrected chi connectivity index (χ1v) is 7.98. The fourth-order valence-electron chi connectivity index (χ4n) is 2.39. The van der Waals surface area contributed by atoms with Crippen molar-refractivity contribution in [3.63, 3.8) is 0 Å². The summed E-state index contributed by atoms with van der Waals surface area (Å²) in [6, 6.07) is 19.3. The number of rotatable bonds is 6. The lowest BCUT2D eigenvalue weighted by molar-refractivity contribution is -0.116. The minimum atomic E-state index is -0.256. The molecular weight excluding hydrogens is 316 g/mol. The number of hydrogen-bond donors (Lipinski definition) is 2. The van der Waals surface area contributed by atoms with Crippen molar-refractivity contribution in [2.45, 2.75) is 6.42 Å². The van der Waals surface area contributed by atoms with E-state index in [9.17, 15) is 9.59 Å². The molecule has 0 aliphatic carbocycles. The lowest BCUT2D eigenvalue weighted by Crippen LogP contribution is -2.27. The summed E-state index contributed by atoms with van der Waals surface area (Å²) in [7, 11) is 0. The molecule has 25 heavy (non-hydrogen) atoms. The molecule has 1 aromatic heterocycles. The summed E-state index contributed by atoms with van der Waals surface area (Å²) < 4.78 is 4.84. The predicted molar refractivity (Wildman–Crippen MR) is 96.2 cm³/mol. The molecule has 0 saturated heterocycles. The van der Waals surface area contributed by atoms with Gasteiger partial charge in [-0.1, -0.05) is 42.5 Å². The highest BCUT2D eigenvalue weighted by Gasteiger charge is 2.08. The summed E-state index contributed by atoms with van der Waals surface area (Å²) in [5.74, 6) is -0.409. The maximum atomic E-state index is 12.0. The molecule has 5 nitrogen and oxygen atoms in total. The smallest absolute Gasteiger partial charge is 0.254 e. The van der Waals surface area contributed by atoms with Crippen LogP contribution < -0.4 is 10.6 Å². The van der Waals surface area contributed by atoms with Gasteiger partial charge in [0.15, 0.2) is 0 Å². The molecule has 2 N–H and O–H groups in total. The monoisotopic (exact) mass is 334 g/mol. The summed E-state index contributed by atoms with van der Waals surface area (Å²) in [6.07, 6.45) is 2.99. The lowest BCUT2D eigenvalue weighted by Gasteiger charge is -2.07. The summed E-state index contributed by atoms with van der Waals surface area (Å²) >= 11 is 0. The summed E-state index contributed by atoms with van der Waals surface area (Å²) in [5.41, 5.74) is 3.39. The molecule has 3 aromatic rings. The van der Waals surface area contributed by atoms with Gasteiger partial charge in [0, 0.05) is 18.7 Å². The van der Waals surface area contributed by atoms with Crippen LogP contribution in [0.25, 0.3) is 11.1 Å². The number of amides is 2. The van der Waals surface area contributed by atoms with E-state index in [0.29, 0.717) is 5.56 Å². The van der Waals surface area contributed by atoms with Gasteiger partial charge in [-0.3, -0.25) is 9.59 Å². The summed E-state index contributed by atoms with van der Waals surface area (Å²) in [6.45, 7) is 0.262. The minimum Gasteiger partial charge on any atom is -0.472 e. The van der Waals surface area contributed by atoms with Crippen LogP contribution in [0.4, 0.5) is 5.69 Å². The first-order chi connectivity index (χ1) is 12.2. The highest BCUT2D eigenvalue weighted by Crippen LogP contribution is 2.20. The van der Waals surface area contributed by atoms with Crippen molar-refractivity contribution < 1.29 is 14.0 Å². The molecule has 2 aromatic carbocycles. The zero-order chi connectivity index (χ0) is 17.5. The van der Waals surface area contributed by atoms with Crippen molar-refractivity contribution in [3.05, 3.63) is 78.8 Å². The molecule has 0 saturated carbocycles. The van der Waals surface area contributed by atoms with Crippen molar-refractivity contribution in [1.82, 2.24) is 5.32 Å². The summed E-state index contributed by atoms with van der Waals surface area (Å²) in [4.78, 5) is 23.7. The van der Waals surface area contributed by atoms with Gasteiger partial charge in [-0.2, -0.15) is 0 Å². The van der Waals surface area contributed by atoms with E-state index in [-0.39, 0.29) is 24.8 Å². The first kappa shape index (κ1) is 16.5. The zero-order valence-electron chi connectivity index (χ0n) is 13.6. The highest BCUT2D eigenvalue weighted by molar-refractivity contribution is 5.95. The van der Waals surface area contributed by atoms with E-state index in [1.54, 1.807) is 6.07 Å². The number of carbonyl (C=O) groups excluding carboxylic acids is 2. The van der Waals surface area contributed by atoms with Crippen LogP contribution in [-0.4, -0.2) is 18.4 Å². The van der Waals surface area contributed by atoms with E-state index in [0.717, 1.165) is 16.8 Å². The second-order valence-corrected chi connectivity index (χ2v) is 5.51. The highest BCUT2D eigenvalue weighted by atomic mass is 16.3. The number of furan rings is 1. The Morgan fingerprint density at radius 3 is 2.28 bits per heavy atom. The van der Waals surface area contributed by atoms with Gasteiger partial charge >= 0.3 is 0 Å². The van der Waals surface area contributed by atoms with Crippen LogP contribution in [-0.2, 0) is 4.79 Å². The van der Waals surface area contributed by atoms with Crippen molar-refractivity contribution in [1.29, 1.82) is 0 Å². The normalized spacial score (nSPS) is 10.2. The van der Waals surface area contributed by atoms with Crippen LogP contribution in [0.2, 0.25) is 0 Å². The van der Waals surface area contributed by atoms with Gasteiger partial charge in [-0.25, -0.2) is 0 Å². The Balaban J connectivity index is 1.47. The van der Waals surface area contributed by atoms with E-state index in [4.69, 9.17) is 4.42 Å². The second kappa shape index (κ2) is 7.97. The van der Waals surface area contributed by atoms with E-state index >= 15 is 0 Å². The fourth-order valence-corrected chi connectivity index (χ4v) is 2.39. The maximum absolute atomic E-state index is 12.0. The Bertz CT molecular complexity index is 825. The number of benzene rings is 2. The second-order valence-electron chi connectivity index (χ2n) is 5.51. The molecule has 126 valence electrons. The third kappa shape index (κ3) is 4.57. The molecule has 2 amide bonds. The molecule has 0 atom stereocenters. The van der Waals surface area contributed by atoms with Gasteiger partial charge in [0.05, 0.1) is 11.8 Å². The van der Waals surface area contributed by atoms with E-state index < -0.39 is 0 Å². The number of carbonyl (C=O) groups is 2. The Morgan fingerprint density at radius 2 is 1.60 bits per heavy atom. The number of anilines is 1. The van der Waals surface area contributed by atoms with Gasteiger partial charge in [0.25, 0.3) is 5.91 Å². The Morgan fingerprint density at radius 1 is 0.880 bits per heavy atom. The molecule has 0 bridgehead atoms. The third-order valence-corrected chi connectivity index (χ3v) is 3.70. The molecule has 0 aliphatic rings. The molecule has 0 aliphatic heterocycles. The molecule has 0 fully saturated rings. The van der Waals surface area contributed by atoms with Crippen molar-refractivity contribution in [2.24, 2.45) is 0 Å². The van der Waals surface area contributed by atoms with Crippen molar-refractivity contribution in [3.8, 4) is 11.1 Å². The van der Waals surface area contributed by atoms with Gasteiger partial charge in [-0.15, -0.1) is 0 Å². The number of hydrogen-bond acceptors (Lipinski definition) is 3. The molecule has 5 heteroatoms. The predicted octanol–water partition coefficient (Wildman–Crippen LogP) is 3.71. The quantitative estimate of drug-likeness (QED) is 0.722. The van der Waals surface area contributed by atoms with Crippen LogP contribution >= 0.6 is 0 Å². The standard InChI is InChI=1S/C20H18N2O3/c23-19(10-12-21-20(24)17-11-13-25-14-17)22-18-8-6-16(7-9-18)15-4-2-1-3-5-15/h1-9,11,13-14H,10,12H2,(H,21,24)(H,22,23). The van der Waals surface area contributed by atoms with Crippen molar-refractivity contribution in [2.75, 3.05) is 11.9 Å². The van der Waals surface area contributed by atoms with E-state index in [1.807, 2.05) is 54.6 Å². The van der Waals surface area contributed by atoms with Gasteiger partial charge in [0.1, 0.15) is 6.26 Å². The Hall–Kier alpha value is -3.34.